The molecule has 5 nitrogen and oxygen atoms in total. The number of nitrogens with one attached hydrogen (secondary N) is 1. The third-order valence-corrected chi connectivity index (χ3v) is 3.01. The van der Waals surface area contributed by atoms with E-state index in [-0.39, 0.29) is 0 Å². The molecule has 2 saturated heterocycles. The number of rotatable bonds is 4. The maximum absolute atomic E-state index is 5.72. The minimum Gasteiger partial charge on any atom is -0.346 e. The fourth-order valence-corrected chi connectivity index (χ4v) is 2.24. The van der Waals surface area contributed by atoms with Crippen molar-refractivity contribution in [3.63, 3.8) is 0 Å². The van der Waals surface area contributed by atoms with Gasteiger partial charge in [0.1, 0.15) is 0 Å². The predicted molar refractivity (Wildman–Crippen MR) is 57.6 cm³/mol. The zero-order valence-electron chi connectivity index (χ0n) is 9.21. The summed E-state index contributed by atoms with van der Waals surface area (Å²) in [5.41, 5.74) is 5.61. The van der Waals surface area contributed by atoms with Crippen LogP contribution >= 0.6 is 0 Å². The van der Waals surface area contributed by atoms with Gasteiger partial charge in [-0.1, -0.05) is 0 Å². The van der Waals surface area contributed by atoms with Crippen LogP contribution in [0.5, 0.6) is 0 Å². The van der Waals surface area contributed by atoms with Gasteiger partial charge in [-0.15, -0.1) is 0 Å². The van der Waals surface area contributed by atoms with Gasteiger partial charge in [0.25, 0.3) is 0 Å². The number of piperazine rings is 1. The summed E-state index contributed by atoms with van der Waals surface area (Å²) in [5, 5.41) is 3.34. The Morgan fingerprint density at radius 2 is 1.87 bits per heavy atom. The van der Waals surface area contributed by atoms with Gasteiger partial charge >= 0.3 is 0 Å². The molecule has 0 amide bonds. The third kappa shape index (κ3) is 2.89. The quantitative estimate of drug-likeness (QED) is 0.629. The van der Waals surface area contributed by atoms with Crippen molar-refractivity contribution < 1.29 is 9.47 Å². The Hall–Kier alpha value is -0.200. The summed E-state index contributed by atoms with van der Waals surface area (Å²) < 4.78 is 11.4. The monoisotopic (exact) mass is 215 g/mol. The van der Waals surface area contributed by atoms with Crippen molar-refractivity contribution in [2.75, 3.05) is 52.5 Å². The molecule has 0 aliphatic carbocycles. The van der Waals surface area contributed by atoms with Gasteiger partial charge in [-0.05, 0) is 6.54 Å². The molecule has 5 heteroatoms. The highest BCUT2D eigenvalue weighted by molar-refractivity contribution is 4.81. The molecule has 0 spiro atoms. The van der Waals surface area contributed by atoms with Gasteiger partial charge in [0.2, 0.25) is 0 Å². The van der Waals surface area contributed by atoms with Gasteiger partial charge in [0, 0.05) is 32.6 Å². The normalized spacial score (nSPS) is 27.0. The van der Waals surface area contributed by atoms with Gasteiger partial charge < -0.3 is 20.5 Å². The first-order valence-corrected chi connectivity index (χ1v) is 5.76. The van der Waals surface area contributed by atoms with Crippen molar-refractivity contribution in [3.05, 3.63) is 0 Å². The van der Waals surface area contributed by atoms with Crippen LogP contribution < -0.4 is 11.1 Å². The Bertz CT molecular complexity index is 189. The molecule has 0 aromatic rings. The summed E-state index contributed by atoms with van der Waals surface area (Å²) in [4.78, 5) is 2.39. The third-order valence-electron chi connectivity index (χ3n) is 3.01. The van der Waals surface area contributed by atoms with E-state index < -0.39 is 5.79 Å². The van der Waals surface area contributed by atoms with Crippen LogP contribution in [0, 0.1) is 0 Å². The molecule has 2 fully saturated rings. The lowest BCUT2D eigenvalue weighted by molar-refractivity contribution is -0.174. The Balaban J connectivity index is 1.87. The van der Waals surface area contributed by atoms with E-state index in [2.05, 4.69) is 10.2 Å². The van der Waals surface area contributed by atoms with E-state index in [9.17, 15) is 0 Å². The van der Waals surface area contributed by atoms with Gasteiger partial charge in [-0.25, -0.2) is 0 Å². The Morgan fingerprint density at radius 3 is 2.47 bits per heavy atom. The molecule has 0 unspecified atom stereocenters. The number of hydrogen-bond acceptors (Lipinski definition) is 5. The highest BCUT2D eigenvalue weighted by atomic mass is 16.7. The second-order valence-corrected chi connectivity index (χ2v) is 4.17. The van der Waals surface area contributed by atoms with Crippen molar-refractivity contribution in [3.8, 4) is 0 Å². The topological polar surface area (TPSA) is 59.8 Å². The Labute approximate surface area is 90.9 Å². The molecule has 15 heavy (non-hydrogen) atoms. The standard InChI is InChI=1S/C10H21N3O2/c11-2-1-10(14-7-8-15-10)9-13-5-3-12-4-6-13/h12H,1-9,11H2. The second kappa shape index (κ2) is 5.23. The molecule has 2 rings (SSSR count). The summed E-state index contributed by atoms with van der Waals surface area (Å²) >= 11 is 0. The fraction of sp³-hybridized carbons (Fsp3) is 1.00. The van der Waals surface area contributed by atoms with Crippen LogP contribution in [0.1, 0.15) is 6.42 Å². The highest BCUT2D eigenvalue weighted by Gasteiger charge is 2.37. The van der Waals surface area contributed by atoms with Crippen LogP contribution in [0.25, 0.3) is 0 Å². The van der Waals surface area contributed by atoms with Crippen molar-refractivity contribution in [2.24, 2.45) is 5.73 Å². The summed E-state index contributed by atoms with van der Waals surface area (Å²) in [7, 11) is 0. The molecule has 0 aromatic carbocycles. The van der Waals surface area contributed by atoms with E-state index in [0.29, 0.717) is 19.8 Å². The molecule has 0 saturated carbocycles. The van der Waals surface area contributed by atoms with Gasteiger partial charge in [0.05, 0.1) is 19.8 Å². The van der Waals surface area contributed by atoms with Gasteiger partial charge in [-0.2, -0.15) is 0 Å². The minimum atomic E-state index is -0.425. The molecule has 0 radical (unpaired) electrons. The molecule has 2 heterocycles. The van der Waals surface area contributed by atoms with Crippen molar-refractivity contribution in [2.45, 2.75) is 12.2 Å². The number of hydrogen-bond donors (Lipinski definition) is 2. The fourth-order valence-electron chi connectivity index (χ4n) is 2.24. The van der Waals surface area contributed by atoms with E-state index in [1.807, 2.05) is 0 Å². The maximum atomic E-state index is 5.72. The first-order valence-electron chi connectivity index (χ1n) is 5.76. The Morgan fingerprint density at radius 1 is 1.20 bits per heavy atom. The van der Waals surface area contributed by atoms with E-state index in [1.54, 1.807) is 0 Å². The average molecular weight is 215 g/mol. The average Bonchev–Trinajstić information content (AvgIpc) is 2.69. The number of ether oxygens (including phenoxy) is 2. The van der Waals surface area contributed by atoms with Gasteiger partial charge in [-0.3, -0.25) is 4.90 Å². The van der Waals surface area contributed by atoms with Crippen molar-refractivity contribution in [1.29, 1.82) is 0 Å². The van der Waals surface area contributed by atoms with Crippen LogP contribution in [-0.4, -0.2) is 63.2 Å². The maximum Gasteiger partial charge on any atom is 0.182 e. The number of nitrogens with two attached hydrogens (primary N) is 1. The van der Waals surface area contributed by atoms with E-state index >= 15 is 0 Å². The zero-order chi connectivity index (χ0) is 10.6. The van der Waals surface area contributed by atoms with Crippen LogP contribution in [-0.2, 0) is 9.47 Å². The van der Waals surface area contributed by atoms with Crippen molar-refractivity contribution in [1.82, 2.24) is 10.2 Å². The van der Waals surface area contributed by atoms with E-state index in [4.69, 9.17) is 15.2 Å². The first kappa shape index (κ1) is 11.3. The van der Waals surface area contributed by atoms with Crippen molar-refractivity contribution >= 4 is 0 Å². The highest BCUT2D eigenvalue weighted by Crippen LogP contribution is 2.24. The molecular formula is C10H21N3O2. The van der Waals surface area contributed by atoms with Crippen LogP contribution in [0.4, 0.5) is 0 Å². The molecule has 2 aliphatic heterocycles. The Kier molecular flexibility index (Phi) is 3.93. The van der Waals surface area contributed by atoms with Gasteiger partial charge in [0.15, 0.2) is 5.79 Å². The molecule has 3 N–H and O–H groups in total. The predicted octanol–water partition coefficient (Wildman–Crippen LogP) is -1.02. The van der Waals surface area contributed by atoms with E-state index in [0.717, 1.165) is 39.1 Å². The SMILES string of the molecule is NCCC1(CN2CCNCC2)OCCO1. The minimum absolute atomic E-state index is 0.425. The molecule has 88 valence electrons. The van der Waals surface area contributed by atoms with E-state index in [1.165, 1.54) is 0 Å². The summed E-state index contributed by atoms with van der Waals surface area (Å²) in [6.07, 6.45) is 0.789. The molecule has 0 bridgehead atoms. The lowest BCUT2D eigenvalue weighted by Crippen LogP contribution is -2.51. The largest absolute Gasteiger partial charge is 0.346 e. The second-order valence-electron chi connectivity index (χ2n) is 4.17. The summed E-state index contributed by atoms with van der Waals surface area (Å²) in [6, 6.07) is 0. The zero-order valence-corrected chi connectivity index (χ0v) is 9.21. The molecular weight excluding hydrogens is 194 g/mol. The van der Waals surface area contributed by atoms with Crippen LogP contribution in [0.2, 0.25) is 0 Å². The molecule has 0 atom stereocenters. The van der Waals surface area contributed by atoms with Crippen LogP contribution in [0.15, 0.2) is 0 Å². The lowest BCUT2D eigenvalue weighted by Gasteiger charge is -2.35. The summed E-state index contributed by atoms with van der Waals surface area (Å²) in [5.74, 6) is -0.425. The van der Waals surface area contributed by atoms with Crippen LogP contribution in [0.3, 0.4) is 0 Å². The molecule has 0 aromatic heterocycles. The first-order chi connectivity index (χ1) is 7.35. The smallest absolute Gasteiger partial charge is 0.182 e. The number of nitrogens with zero attached hydrogens (tertiary/aromatic N) is 1. The molecule has 2 aliphatic rings. The summed E-state index contributed by atoms with van der Waals surface area (Å²) in [6.45, 7) is 7.12. The lowest BCUT2D eigenvalue weighted by atomic mass is 10.1.